The van der Waals surface area contributed by atoms with Crippen LogP contribution in [0.4, 0.5) is 4.79 Å². The molecule has 0 radical (unpaired) electrons. The number of hydrogen-bond donors (Lipinski definition) is 5. The van der Waals surface area contributed by atoms with Gasteiger partial charge in [0, 0.05) is 5.92 Å². The van der Waals surface area contributed by atoms with E-state index in [2.05, 4.69) is 10.6 Å². The fourth-order valence-electron chi connectivity index (χ4n) is 5.30. The number of amides is 2. The molecule has 8 nitrogen and oxygen atoms in total. The number of ether oxygens (including phenoxy) is 1. The maximum absolute atomic E-state index is 13.8. The van der Waals surface area contributed by atoms with Gasteiger partial charge in [-0.15, -0.1) is 0 Å². The van der Waals surface area contributed by atoms with Crippen molar-refractivity contribution in [3.05, 3.63) is 107 Å². The van der Waals surface area contributed by atoms with Crippen molar-refractivity contribution in [2.45, 2.75) is 76.0 Å². The molecule has 6 atom stereocenters. The summed E-state index contributed by atoms with van der Waals surface area (Å²) in [5.74, 6) is -1.06. The van der Waals surface area contributed by atoms with Gasteiger partial charge in [-0.25, -0.2) is 4.79 Å². The summed E-state index contributed by atoms with van der Waals surface area (Å²) in [5.41, 5.74) is 2.34. The third-order valence-corrected chi connectivity index (χ3v) is 7.30. The van der Waals surface area contributed by atoms with Crippen molar-refractivity contribution in [1.82, 2.24) is 10.6 Å². The Morgan fingerprint density at radius 2 is 1.37 bits per heavy atom. The quantitative estimate of drug-likeness (QED) is 0.255. The molecule has 3 aromatic rings. The minimum absolute atomic E-state index is 0.0427. The molecule has 5 N–H and O–H groups in total. The first-order valence-electron chi connectivity index (χ1n) is 14.0. The minimum atomic E-state index is -1.20. The van der Waals surface area contributed by atoms with E-state index in [1.807, 2.05) is 60.7 Å². The lowest BCUT2D eigenvalue weighted by Crippen LogP contribution is -2.48. The summed E-state index contributed by atoms with van der Waals surface area (Å²) in [6, 6.07) is 24.5. The third-order valence-electron chi connectivity index (χ3n) is 7.30. The Bertz CT molecular complexity index is 1290. The highest BCUT2D eigenvalue weighted by Crippen LogP contribution is 2.39. The summed E-state index contributed by atoms with van der Waals surface area (Å²) in [5, 5.41) is 38.5. The molecule has 0 aromatic heterocycles. The second-order valence-corrected chi connectivity index (χ2v) is 11.7. The van der Waals surface area contributed by atoms with Crippen LogP contribution in [0.2, 0.25) is 0 Å². The summed E-state index contributed by atoms with van der Waals surface area (Å²) in [4.78, 5) is 26.5. The van der Waals surface area contributed by atoms with E-state index >= 15 is 0 Å². The molecular weight excluding hydrogens is 520 g/mol. The lowest BCUT2D eigenvalue weighted by Gasteiger charge is -2.30. The van der Waals surface area contributed by atoms with Gasteiger partial charge in [0.1, 0.15) is 17.8 Å². The predicted octanol–water partition coefficient (Wildman–Crippen LogP) is 4.00. The van der Waals surface area contributed by atoms with Crippen molar-refractivity contribution in [3.8, 4) is 0 Å². The fraction of sp³-hybridized carbons (Fsp3) is 0.394. The maximum atomic E-state index is 13.8. The van der Waals surface area contributed by atoms with E-state index in [1.165, 1.54) is 0 Å². The number of hydrogen-bond acceptors (Lipinski definition) is 6. The first-order valence-corrected chi connectivity index (χ1v) is 14.0. The summed E-state index contributed by atoms with van der Waals surface area (Å²) in [6.45, 7) is 5.30. The van der Waals surface area contributed by atoms with E-state index in [-0.39, 0.29) is 12.3 Å². The van der Waals surface area contributed by atoms with E-state index in [9.17, 15) is 24.9 Å². The van der Waals surface area contributed by atoms with Crippen molar-refractivity contribution >= 4 is 12.0 Å². The highest BCUT2D eigenvalue weighted by Gasteiger charge is 2.40. The Morgan fingerprint density at radius 1 is 0.829 bits per heavy atom. The van der Waals surface area contributed by atoms with Crippen LogP contribution >= 0.6 is 0 Å². The fourth-order valence-corrected chi connectivity index (χ4v) is 5.30. The highest BCUT2D eigenvalue weighted by molar-refractivity contribution is 5.80. The topological polar surface area (TPSA) is 128 Å². The molecule has 0 saturated carbocycles. The second-order valence-electron chi connectivity index (χ2n) is 11.7. The van der Waals surface area contributed by atoms with Gasteiger partial charge in [0.15, 0.2) is 0 Å². The molecule has 0 fully saturated rings. The number of aliphatic hydroxyl groups is 3. The van der Waals surface area contributed by atoms with Gasteiger partial charge >= 0.3 is 6.09 Å². The van der Waals surface area contributed by atoms with E-state index in [0.29, 0.717) is 24.0 Å². The van der Waals surface area contributed by atoms with Crippen molar-refractivity contribution < 1.29 is 29.6 Å². The van der Waals surface area contributed by atoms with Gasteiger partial charge in [0.2, 0.25) is 5.91 Å². The van der Waals surface area contributed by atoms with Crippen LogP contribution in [0.15, 0.2) is 84.9 Å². The van der Waals surface area contributed by atoms with Crippen LogP contribution < -0.4 is 10.6 Å². The van der Waals surface area contributed by atoms with Crippen molar-refractivity contribution in [3.63, 3.8) is 0 Å². The predicted molar refractivity (Wildman–Crippen MR) is 156 cm³/mol. The monoisotopic (exact) mass is 560 g/mol. The summed E-state index contributed by atoms with van der Waals surface area (Å²) in [7, 11) is 0. The van der Waals surface area contributed by atoms with Gasteiger partial charge in [0.25, 0.3) is 0 Å². The molecule has 1 aliphatic carbocycles. The first kappa shape index (κ1) is 30.2. The van der Waals surface area contributed by atoms with Crippen LogP contribution in [0.25, 0.3) is 0 Å². The largest absolute Gasteiger partial charge is 0.444 e. The number of fused-ring (bicyclic) bond motifs is 1. The molecule has 1 aliphatic rings. The molecule has 41 heavy (non-hydrogen) atoms. The molecule has 8 heteroatoms. The first-order chi connectivity index (χ1) is 19.5. The molecule has 0 aliphatic heterocycles. The van der Waals surface area contributed by atoms with E-state index in [0.717, 1.165) is 11.1 Å². The maximum Gasteiger partial charge on any atom is 0.407 e. The lowest BCUT2D eigenvalue weighted by atomic mass is 9.88. The minimum Gasteiger partial charge on any atom is -0.444 e. The smallest absolute Gasteiger partial charge is 0.407 e. The zero-order valence-corrected chi connectivity index (χ0v) is 23.7. The van der Waals surface area contributed by atoms with Gasteiger partial charge in [-0.1, -0.05) is 84.9 Å². The molecule has 0 spiro atoms. The Balaban J connectivity index is 1.56. The number of carbonyl (C=O) groups is 2. The summed E-state index contributed by atoms with van der Waals surface area (Å²) >= 11 is 0. The third kappa shape index (κ3) is 8.16. The Labute approximate surface area is 241 Å². The molecule has 218 valence electrons. The van der Waals surface area contributed by atoms with E-state index in [1.54, 1.807) is 45.0 Å². The molecule has 0 saturated heterocycles. The molecule has 4 rings (SSSR count). The normalized spacial score (nSPS) is 20.4. The number of nitrogens with one attached hydrogen (secondary N) is 2. The molecular formula is C33H40N2O6. The van der Waals surface area contributed by atoms with Gasteiger partial charge < -0.3 is 30.7 Å². The molecule has 0 bridgehead atoms. The zero-order valence-electron chi connectivity index (χ0n) is 23.7. The molecule has 0 unspecified atom stereocenters. The summed E-state index contributed by atoms with van der Waals surface area (Å²) < 4.78 is 5.46. The number of rotatable bonds is 10. The average molecular weight is 561 g/mol. The second kappa shape index (κ2) is 13.3. The van der Waals surface area contributed by atoms with Crippen LogP contribution in [0, 0.1) is 5.92 Å². The van der Waals surface area contributed by atoms with Crippen LogP contribution in [-0.4, -0.2) is 51.2 Å². The Morgan fingerprint density at radius 3 is 1.95 bits per heavy atom. The van der Waals surface area contributed by atoms with Crippen LogP contribution in [-0.2, 0) is 22.4 Å². The number of alkyl carbamates (subject to hydrolysis) is 1. The number of benzene rings is 3. The zero-order chi connectivity index (χ0) is 29.6. The van der Waals surface area contributed by atoms with Gasteiger partial charge in [-0.05, 0) is 62.3 Å². The summed E-state index contributed by atoms with van der Waals surface area (Å²) in [6.07, 6.45) is -3.33. The molecule has 0 heterocycles. The number of carbonyl (C=O) groups excluding carboxylic acids is 2. The van der Waals surface area contributed by atoms with Crippen LogP contribution in [0.1, 0.15) is 61.6 Å². The van der Waals surface area contributed by atoms with Crippen molar-refractivity contribution in [2.75, 3.05) is 0 Å². The molecule has 3 aromatic carbocycles. The lowest BCUT2D eigenvalue weighted by molar-refractivity contribution is -0.128. The highest BCUT2D eigenvalue weighted by atomic mass is 16.6. The SMILES string of the molecule is CC(C)(C)OC(=O)N[C@@H](Cc1ccccc1)[C@@H](O)C[C@@H](Cc1ccccc1)C(=O)N[C@@H]1c2ccccc2[C@@H](O)[C@H]1O. The van der Waals surface area contributed by atoms with Gasteiger partial charge in [0.05, 0.1) is 18.2 Å². The van der Waals surface area contributed by atoms with E-state index < -0.39 is 48.0 Å². The Hall–Kier alpha value is -3.72. The van der Waals surface area contributed by atoms with Crippen molar-refractivity contribution in [1.29, 1.82) is 0 Å². The van der Waals surface area contributed by atoms with E-state index in [4.69, 9.17) is 4.74 Å². The standard InChI is InChI=1S/C33H40N2O6/c1-33(2,3)41-32(40)34-26(19-22-14-8-5-9-15-22)27(36)20-23(18-21-12-6-4-7-13-21)31(39)35-28-24-16-10-11-17-25(24)29(37)30(28)38/h4-17,23,26-30,36-38H,18-20H2,1-3H3,(H,34,40)(H,35,39)/t23-,26+,27+,28-,29-,30+/m1/s1. The number of aliphatic hydroxyl groups excluding tert-OH is 3. The van der Waals surface area contributed by atoms with Gasteiger partial charge in [-0.2, -0.15) is 0 Å². The van der Waals surface area contributed by atoms with Crippen molar-refractivity contribution in [2.24, 2.45) is 5.92 Å². The average Bonchev–Trinajstić information content (AvgIpc) is 3.17. The molecule has 2 amide bonds. The Kier molecular flexibility index (Phi) is 9.81. The van der Waals surface area contributed by atoms with Crippen LogP contribution in [0.3, 0.4) is 0 Å². The van der Waals surface area contributed by atoms with Gasteiger partial charge in [-0.3, -0.25) is 4.79 Å². The van der Waals surface area contributed by atoms with Crippen LogP contribution in [0.5, 0.6) is 0 Å².